The SMILES string of the molecule is C=CC1=C(C=C)[C@@H](C(NN)NN)C[C@H]1NC(=O)c1cccc(F)c1.CC.[HH].[HH]. The highest BCUT2D eigenvalue weighted by Crippen LogP contribution is 2.35. The molecule has 146 valence electrons. The molecule has 0 fully saturated rings. The van der Waals surface area contributed by atoms with Crippen molar-refractivity contribution in [2.45, 2.75) is 32.5 Å². The molecule has 26 heavy (non-hydrogen) atoms. The highest BCUT2D eigenvalue weighted by molar-refractivity contribution is 5.94. The number of carbonyl (C=O) groups is 1. The molecule has 0 aliphatic heterocycles. The van der Waals surface area contributed by atoms with Crippen molar-refractivity contribution in [3.63, 3.8) is 0 Å². The van der Waals surface area contributed by atoms with Gasteiger partial charge in [0.2, 0.25) is 0 Å². The highest BCUT2D eigenvalue weighted by Gasteiger charge is 2.36. The molecule has 6 nitrogen and oxygen atoms in total. The predicted octanol–water partition coefficient (Wildman–Crippen LogP) is 2.38. The Morgan fingerprint density at radius 2 is 1.88 bits per heavy atom. The van der Waals surface area contributed by atoms with Gasteiger partial charge in [0, 0.05) is 14.3 Å². The van der Waals surface area contributed by atoms with Crippen molar-refractivity contribution in [1.82, 2.24) is 16.2 Å². The highest BCUT2D eigenvalue weighted by atomic mass is 19.1. The van der Waals surface area contributed by atoms with E-state index in [1.54, 1.807) is 18.2 Å². The number of carbonyl (C=O) groups excluding carboxylic acids is 1. The normalized spacial score (nSPS) is 19.0. The Balaban J connectivity index is 0. The van der Waals surface area contributed by atoms with Crippen LogP contribution in [-0.2, 0) is 0 Å². The molecular weight excluding hydrogens is 333 g/mol. The molecular formula is C19H32FN5O. The summed E-state index contributed by atoms with van der Waals surface area (Å²) in [6.45, 7) is 11.6. The number of hydrazine groups is 2. The summed E-state index contributed by atoms with van der Waals surface area (Å²) in [7, 11) is 0. The Hall–Kier alpha value is -2.32. The molecule has 2 atom stereocenters. The maximum absolute atomic E-state index is 13.3. The number of halogens is 1. The van der Waals surface area contributed by atoms with Crippen LogP contribution in [0.15, 0.2) is 60.7 Å². The van der Waals surface area contributed by atoms with Gasteiger partial charge in [-0.05, 0) is 35.8 Å². The molecule has 7 heteroatoms. The molecule has 0 aromatic heterocycles. The minimum atomic E-state index is -0.460. The second-order valence-electron chi connectivity index (χ2n) is 5.51. The first-order chi connectivity index (χ1) is 12.5. The fourth-order valence-electron chi connectivity index (χ4n) is 3.06. The van der Waals surface area contributed by atoms with Crippen molar-refractivity contribution < 1.29 is 12.0 Å². The molecule has 1 aromatic rings. The van der Waals surface area contributed by atoms with Crippen LogP contribution in [0.25, 0.3) is 0 Å². The third kappa shape index (κ3) is 4.86. The van der Waals surface area contributed by atoms with Crippen LogP contribution in [0, 0.1) is 11.7 Å². The summed E-state index contributed by atoms with van der Waals surface area (Å²) < 4.78 is 13.3. The Morgan fingerprint density at radius 1 is 1.27 bits per heavy atom. The Kier molecular flexibility index (Phi) is 8.87. The average Bonchev–Trinajstić information content (AvgIpc) is 3.01. The molecule has 0 saturated carbocycles. The molecule has 1 aromatic carbocycles. The lowest BCUT2D eigenvalue weighted by Crippen LogP contribution is -2.54. The first-order valence-electron chi connectivity index (χ1n) is 8.53. The van der Waals surface area contributed by atoms with E-state index in [-0.39, 0.29) is 32.4 Å². The van der Waals surface area contributed by atoms with E-state index in [9.17, 15) is 9.18 Å². The fraction of sp³-hybridized carbons (Fsp3) is 0.316. The van der Waals surface area contributed by atoms with Crippen molar-refractivity contribution in [3.05, 3.63) is 72.1 Å². The van der Waals surface area contributed by atoms with Gasteiger partial charge in [-0.2, -0.15) is 0 Å². The number of hydrogen-bond acceptors (Lipinski definition) is 5. The van der Waals surface area contributed by atoms with E-state index in [1.165, 1.54) is 18.2 Å². The Labute approximate surface area is 157 Å². The van der Waals surface area contributed by atoms with Gasteiger partial charge in [-0.3, -0.25) is 16.5 Å². The number of nitrogens with one attached hydrogen (secondary N) is 3. The predicted molar refractivity (Wildman–Crippen MR) is 107 cm³/mol. The first-order valence-corrected chi connectivity index (χ1v) is 8.53. The van der Waals surface area contributed by atoms with Crippen LogP contribution in [0.3, 0.4) is 0 Å². The van der Waals surface area contributed by atoms with Crippen LogP contribution >= 0.6 is 0 Å². The van der Waals surface area contributed by atoms with E-state index in [2.05, 4.69) is 29.3 Å². The van der Waals surface area contributed by atoms with Crippen LogP contribution in [0.1, 0.15) is 33.5 Å². The summed E-state index contributed by atoms with van der Waals surface area (Å²) >= 11 is 0. The minimum absolute atomic E-state index is 0. The van der Waals surface area contributed by atoms with Crippen molar-refractivity contribution in [2.24, 2.45) is 17.6 Å². The van der Waals surface area contributed by atoms with Gasteiger partial charge in [0.1, 0.15) is 5.82 Å². The first kappa shape index (κ1) is 21.7. The van der Waals surface area contributed by atoms with Gasteiger partial charge in [-0.25, -0.2) is 15.2 Å². The van der Waals surface area contributed by atoms with E-state index in [0.717, 1.165) is 11.1 Å². The van der Waals surface area contributed by atoms with Gasteiger partial charge in [-0.15, -0.1) is 0 Å². The van der Waals surface area contributed by atoms with Crippen LogP contribution in [0.5, 0.6) is 0 Å². The molecule has 1 aliphatic carbocycles. The van der Waals surface area contributed by atoms with Crippen molar-refractivity contribution in [3.8, 4) is 0 Å². The van der Waals surface area contributed by atoms with Gasteiger partial charge in [-0.1, -0.05) is 45.2 Å². The molecule has 0 saturated heterocycles. The second kappa shape index (κ2) is 10.6. The number of benzene rings is 1. The number of nitrogens with two attached hydrogens (primary N) is 2. The molecule has 2 rings (SSSR count). The topological polar surface area (TPSA) is 105 Å². The van der Waals surface area contributed by atoms with E-state index < -0.39 is 5.82 Å². The van der Waals surface area contributed by atoms with Crippen LogP contribution in [-0.4, -0.2) is 18.1 Å². The second-order valence-corrected chi connectivity index (χ2v) is 5.51. The monoisotopic (exact) mass is 365 g/mol. The largest absolute Gasteiger partial charge is 0.345 e. The number of rotatable bonds is 7. The summed E-state index contributed by atoms with van der Waals surface area (Å²) in [5.74, 6) is 10.1. The summed E-state index contributed by atoms with van der Waals surface area (Å²) in [5, 5.41) is 2.90. The van der Waals surface area contributed by atoms with E-state index >= 15 is 0 Å². The lowest BCUT2D eigenvalue weighted by atomic mass is 9.97. The molecule has 0 radical (unpaired) electrons. The molecule has 1 aliphatic rings. The van der Waals surface area contributed by atoms with Gasteiger partial charge in [0.25, 0.3) is 5.91 Å². The zero-order valence-electron chi connectivity index (χ0n) is 15.3. The molecule has 0 heterocycles. The Bertz CT molecular complexity index is 680. The van der Waals surface area contributed by atoms with Crippen LogP contribution < -0.4 is 27.9 Å². The maximum Gasteiger partial charge on any atom is 0.251 e. The third-order valence-corrected chi connectivity index (χ3v) is 4.19. The standard InChI is InChI=1S/C17H22FN5O.C2H6.2H2/c1-3-12-13(4-2)15(9-14(12)16(22-19)23-20)21-17(24)10-6-5-7-11(18)8-10;1-2;;/h3-8,14-16,22-23H,1-2,9,19-20H2,(H,21,24);1-2H3;2*1H/t14-,15+;;;/m0.../s1. The zero-order chi connectivity index (χ0) is 19.7. The number of hydrogen-bond donors (Lipinski definition) is 5. The van der Waals surface area contributed by atoms with Gasteiger partial charge in [0.05, 0.1) is 12.2 Å². The average molecular weight is 365 g/mol. The summed E-state index contributed by atoms with van der Waals surface area (Å²) in [4.78, 5) is 12.4. The van der Waals surface area contributed by atoms with E-state index in [1.807, 2.05) is 13.8 Å². The zero-order valence-corrected chi connectivity index (χ0v) is 15.3. The summed E-state index contributed by atoms with van der Waals surface area (Å²) in [5.41, 5.74) is 7.20. The van der Waals surface area contributed by atoms with Crippen LogP contribution in [0.4, 0.5) is 4.39 Å². The van der Waals surface area contributed by atoms with Crippen LogP contribution in [0.2, 0.25) is 0 Å². The minimum Gasteiger partial charge on any atom is -0.345 e. The maximum atomic E-state index is 13.3. The molecule has 7 N–H and O–H groups in total. The van der Waals surface area contributed by atoms with Gasteiger partial charge >= 0.3 is 0 Å². The van der Waals surface area contributed by atoms with Crippen molar-refractivity contribution >= 4 is 5.91 Å². The van der Waals surface area contributed by atoms with Gasteiger partial charge in [0.15, 0.2) is 0 Å². The smallest absolute Gasteiger partial charge is 0.251 e. The molecule has 0 spiro atoms. The van der Waals surface area contributed by atoms with Crippen molar-refractivity contribution in [1.29, 1.82) is 0 Å². The molecule has 0 bridgehead atoms. The van der Waals surface area contributed by atoms with E-state index in [0.29, 0.717) is 6.42 Å². The molecule has 0 unspecified atom stereocenters. The quantitative estimate of drug-likeness (QED) is 0.290. The number of amides is 1. The lowest BCUT2D eigenvalue weighted by Gasteiger charge is -2.24. The van der Waals surface area contributed by atoms with Crippen molar-refractivity contribution in [2.75, 3.05) is 0 Å². The fourth-order valence-corrected chi connectivity index (χ4v) is 3.06. The number of allylic oxidation sites excluding steroid dienone is 1. The summed E-state index contributed by atoms with van der Waals surface area (Å²) in [6.07, 6.45) is 3.56. The summed E-state index contributed by atoms with van der Waals surface area (Å²) in [6, 6.07) is 5.24. The third-order valence-electron chi connectivity index (χ3n) is 4.19. The lowest BCUT2D eigenvalue weighted by molar-refractivity contribution is 0.0940. The van der Waals surface area contributed by atoms with E-state index in [4.69, 9.17) is 11.7 Å². The Morgan fingerprint density at radius 3 is 2.38 bits per heavy atom. The van der Waals surface area contributed by atoms with Gasteiger partial charge < -0.3 is 5.32 Å². The molecule has 1 amide bonds.